The molecule has 0 bridgehead atoms. The minimum atomic E-state index is -4.28. The highest BCUT2D eigenvalue weighted by Crippen LogP contribution is 2.42. The highest BCUT2D eigenvalue weighted by Gasteiger charge is 2.43. The second-order valence-corrected chi connectivity index (χ2v) is 12.4. The largest absolute Gasteiger partial charge is 0.447 e. The third-order valence-electron chi connectivity index (χ3n) is 4.99. The van der Waals surface area contributed by atoms with E-state index < -0.39 is 65.9 Å². The zero-order chi connectivity index (χ0) is 28.0. The molecule has 0 fully saturated rings. The summed E-state index contributed by atoms with van der Waals surface area (Å²) in [7, 11) is -6.98. The Kier molecular flexibility index (Phi) is 10.3. The van der Waals surface area contributed by atoms with Crippen molar-refractivity contribution in [1.29, 1.82) is 0 Å². The van der Waals surface area contributed by atoms with Gasteiger partial charge in [0.15, 0.2) is 6.10 Å². The van der Waals surface area contributed by atoms with Crippen molar-refractivity contribution in [2.45, 2.75) is 33.9 Å². The molecule has 1 amide bonds. The van der Waals surface area contributed by atoms with Gasteiger partial charge in [0.05, 0.1) is 6.04 Å². The number of methoxy groups -OCH3 is 1. The van der Waals surface area contributed by atoms with Crippen LogP contribution in [0.1, 0.15) is 24.9 Å². The Balaban J connectivity index is 2.37. The molecule has 0 aliphatic carbocycles. The lowest BCUT2D eigenvalue weighted by atomic mass is 10.1. The van der Waals surface area contributed by atoms with Gasteiger partial charge in [-0.15, -0.1) is 31.6 Å². The zero-order valence-corrected chi connectivity index (χ0v) is 22.0. The summed E-state index contributed by atoms with van der Waals surface area (Å²) in [6.07, 6.45) is -2.40. The SMILES string of the molecule is CCN(C(=O)OCC(CO[N+](=O)[O-])O[N+](=O)[O-])[C@H]1CN(CCCOC)S(=O)(=O)c2sc(S(N)(=O)=O)cc21. The fraction of sp³-hybridized carbons (Fsp3) is 0.688. The topological polar surface area (TPSA) is 241 Å². The van der Waals surface area contributed by atoms with Crippen LogP contribution in [-0.4, -0.2) is 95.0 Å². The number of rotatable bonds is 14. The van der Waals surface area contributed by atoms with Crippen LogP contribution in [0.2, 0.25) is 0 Å². The number of hydrogen-bond acceptors (Lipinski definition) is 14. The van der Waals surface area contributed by atoms with Crippen molar-refractivity contribution in [2.75, 3.05) is 46.6 Å². The fourth-order valence-electron chi connectivity index (χ4n) is 3.41. The molecule has 1 aliphatic rings. The molecule has 0 saturated carbocycles. The maximum Gasteiger partial charge on any atom is 0.410 e. The Morgan fingerprint density at radius 1 is 1.32 bits per heavy atom. The van der Waals surface area contributed by atoms with E-state index in [9.17, 15) is 41.9 Å². The van der Waals surface area contributed by atoms with E-state index in [-0.39, 0.29) is 36.0 Å². The summed E-state index contributed by atoms with van der Waals surface area (Å²) in [6.45, 7) is -0.268. The normalized spacial score (nSPS) is 17.9. The lowest BCUT2D eigenvalue weighted by molar-refractivity contribution is -0.790. The number of likely N-dealkylation sites (N-methyl/N-ethyl adjacent to an activating group) is 1. The number of carbonyl (C=O) groups excluding carboxylic acids is 1. The average molecular weight is 592 g/mol. The van der Waals surface area contributed by atoms with Crippen molar-refractivity contribution in [3.63, 3.8) is 0 Å². The second-order valence-electron chi connectivity index (χ2n) is 7.41. The minimum Gasteiger partial charge on any atom is -0.447 e. The number of nitrogens with two attached hydrogens (primary N) is 1. The third-order valence-corrected chi connectivity index (χ3v) is 9.96. The number of sulfonamides is 2. The molecule has 1 aromatic heterocycles. The number of thiophene rings is 1. The molecule has 2 rings (SSSR count). The molecule has 1 aromatic rings. The molecule has 18 nitrogen and oxygen atoms in total. The van der Waals surface area contributed by atoms with Gasteiger partial charge in [-0.3, -0.25) is 0 Å². The maximum atomic E-state index is 13.2. The van der Waals surface area contributed by atoms with E-state index >= 15 is 0 Å². The van der Waals surface area contributed by atoms with E-state index in [0.29, 0.717) is 17.8 Å². The summed E-state index contributed by atoms with van der Waals surface area (Å²) in [5.41, 5.74) is 0.00518. The van der Waals surface area contributed by atoms with Crippen LogP contribution in [0.5, 0.6) is 0 Å². The number of carbonyl (C=O) groups is 1. The van der Waals surface area contributed by atoms with Crippen LogP contribution in [0.3, 0.4) is 0 Å². The lowest BCUT2D eigenvalue weighted by Crippen LogP contribution is -2.47. The molecule has 0 saturated heterocycles. The van der Waals surface area contributed by atoms with Crippen LogP contribution in [0.25, 0.3) is 0 Å². The average Bonchev–Trinajstić information content (AvgIpc) is 3.26. The number of ether oxygens (including phenoxy) is 2. The van der Waals surface area contributed by atoms with Crippen molar-refractivity contribution in [2.24, 2.45) is 5.14 Å². The third kappa shape index (κ3) is 7.82. The first-order valence-corrected chi connectivity index (χ1v) is 14.2. The van der Waals surface area contributed by atoms with E-state index in [0.717, 1.165) is 15.3 Å². The maximum absolute atomic E-state index is 13.2. The molecule has 2 heterocycles. The van der Waals surface area contributed by atoms with Crippen LogP contribution < -0.4 is 5.14 Å². The van der Waals surface area contributed by atoms with Crippen molar-refractivity contribution in [3.8, 4) is 0 Å². The molecule has 0 spiro atoms. The van der Waals surface area contributed by atoms with Crippen LogP contribution in [0.4, 0.5) is 4.79 Å². The predicted octanol–water partition coefficient (Wildman–Crippen LogP) is -0.279. The van der Waals surface area contributed by atoms with Gasteiger partial charge >= 0.3 is 6.09 Å². The summed E-state index contributed by atoms with van der Waals surface area (Å²) in [5.74, 6) is 0. The molecule has 2 atom stereocenters. The van der Waals surface area contributed by atoms with Crippen molar-refractivity contribution >= 4 is 37.5 Å². The molecule has 1 aliphatic heterocycles. The van der Waals surface area contributed by atoms with E-state index in [1.807, 2.05) is 0 Å². The van der Waals surface area contributed by atoms with Gasteiger partial charge in [-0.25, -0.2) is 26.8 Å². The van der Waals surface area contributed by atoms with Crippen molar-refractivity contribution < 1.29 is 51.0 Å². The molecule has 1 unspecified atom stereocenters. The van der Waals surface area contributed by atoms with Crippen LogP contribution in [0.15, 0.2) is 14.5 Å². The Morgan fingerprint density at radius 3 is 2.54 bits per heavy atom. The van der Waals surface area contributed by atoms with E-state index in [4.69, 9.17) is 14.6 Å². The monoisotopic (exact) mass is 591 g/mol. The standard InChI is InChI=1S/C16H25N5O13S3/c1-3-19(16(22)32-9-11(34-21(25)26)10-33-20(23)24)13-8-18(5-4-6-31-2)37(29,30)15-12(13)7-14(35-15)36(17,27)28/h7,11,13H,3-6,8-10H2,1-2H3,(H2,17,27,28)/t11?,13-/m0/s1. The predicted molar refractivity (Wildman–Crippen MR) is 122 cm³/mol. The van der Waals surface area contributed by atoms with Crippen LogP contribution in [-0.2, 0) is 39.2 Å². The van der Waals surface area contributed by atoms with Gasteiger partial charge in [-0.05, 0) is 19.4 Å². The molecule has 2 N–H and O–H groups in total. The summed E-state index contributed by atoms with van der Waals surface area (Å²) in [4.78, 5) is 43.3. The Labute approximate surface area is 215 Å². The highest BCUT2D eigenvalue weighted by atomic mass is 32.3. The van der Waals surface area contributed by atoms with E-state index in [1.165, 1.54) is 14.0 Å². The van der Waals surface area contributed by atoms with E-state index in [1.54, 1.807) is 0 Å². The number of nitrogens with zero attached hydrogens (tertiary/aromatic N) is 4. The molecule has 21 heteroatoms. The second kappa shape index (κ2) is 12.6. The van der Waals surface area contributed by atoms with Crippen molar-refractivity contribution in [3.05, 3.63) is 31.9 Å². The lowest BCUT2D eigenvalue weighted by Gasteiger charge is -2.37. The smallest absolute Gasteiger partial charge is 0.410 e. The number of fused-ring (bicyclic) bond motifs is 1. The molecule has 210 valence electrons. The first-order chi connectivity index (χ1) is 17.2. The van der Waals surface area contributed by atoms with Gasteiger partial charge in [0.2, 0.25) is 10.0 Å². The fourth-order valence-corrected chi connectivity index (χ4v) is 7.69. The first-order valence-electron chi connectivity index (χ1n) is 10.4. The quantitative estimate of drug-likeness (QED) is 0.166. The van der Waals surface area contributed by atoms with Gasteiger partial charge in [0.1, 0.15) is 21.6 Å². The Morgan fingerprint density at radius 2 is 2.00 bits per heavy atom. The molecule has 37 heavy (non-hydrogen) atoms. The highest BCUT2D eigenvalue weighted by molar-refractivity contribution is 7.94. The summed E-state index contributed by atoms with van der Waals surface area (Å²) in [5, 5.41) is 23.8. The van der Waals surface area contributed by atoms with Gasteiger partial charge in [0.25, 0.3) is 20.2 Å². The Bertz CT molecular complexity index is 1200. The molecule has 0 aromatic carbocycles. The minimum absolute atomic E-state index is 0.00168. The summed E-state index contributed by atoms with van der Waals surface area (Å²) in [6, 6.07) is 0.0547. The van der Waals surface area contributed by atoms with Crippen molar-refractivity contribution in [1.82, 2.24) is 9.21 Å². The molecular weight excluding hydrogens is 566 g/mol. The number of primary sulfonamides is 1. The molecular formula is C16H25N5O13S3. The van der Waals surface area contributed by atoms with Crippen LogP contribution in [0, 0.1) is 20.2 Å². The first kappa shape index (κ1) is 30.4. The van der Waals surface area contributed by atoms with E-state index in [2.05, 4.69) is 9.68 Å². The van der Waals surface area contributed by atoms with Gasteiger partial charge in [-0.2, -0.15) is 4.31 Å². The number of amides is 1. The number of hydrogen-bond donors (Lipinski definition) is 1. The summed E-state index contributed by atoms with van der Waals surface area (Å²) >= 11 is 0.442. The summed E-state index contributed by atoms with van der Waals surface area (Å²) < 4.78 is 60.6. The van der Waals surface area contributed by atoms with Gasteiger partial charge in [0, 0.05) is 38.9 Å². The van der Waals surface area contributed by atoms with Gasteiger partial charge in [-0.1, -0.05) is 0 Å². The van der Waals surface area contributed by atoms with Crippen LogP contribution >= 0.6 is 11.3 Å². The molecule has 0 radical (unpaired) electrons. The Hall–Kier alpha value is -2.85. The van der Waals surface area contributed by atoms with Gasteiger partial charge < -0.3 is 24.0 Å². The zero-order valence-electron chi connectivity index (χ0n) is 19.6.